The van der Waals surface area contributed by atoms with Gasteiger partial charge in [-0.1, -0.05) is 0 Å². The van der Waals surface area contributed by atoms with Gasteiger partial charge in [0, 0.05) is 25.5 Å². The minimum absolute atomic E-state index is 0.0155. The molecule has 0 N–H and O–H groups in total. The molecule has 9 heteroatoms. The molecule has 0 bridgehead atoms. The van der Waals surface area contributed by atoms with Gasteiger partial charge in [0.1, 0.15) is 5.75 Å². The lowest BCUT2D eigenvalue weighted by Crippen LogP contribution is -2.44. The number of likely N-dealkylation sites (tertiary alicyclic amines) is 1. The van der Waals surface area contributed by atoms with Crippen molar-refractivity contribution < 1.29 is 32.2 Å². The Morgan fingerprint density at radius 2 is 1.59 bits per heavy atom. The second-order valence-corrected chi connectivity index (χ2v) is 7.59. The average Bonchev–Trinajstić information content (AvgIpc) is 2.70. The molecule has 1 unspecified atom stereocenters. The number of piperidine rings is 1. The number of nitrogens with zero attached hydrogens (tertiary/aromatic N) is 2. The summed E-state index contributed by atoms with van der Waals surface area (Å²) in [6, 6.07) is 3.69. The molecule has 2 fully saturated rings. The molecule has 2 heterocycles. The molecule has 1 aliphatic carbocycles. The van der Waals surface area contributed by atoms with Gasteiger partial charge in [-0.2, -0.15) is 13.2 Å². The molecule has 2 aliphatic rings. The van der Waals surface area contributed by atoms with Crippen LogP contribution in [0.2, 0.25) is 0 Å². The summed E-state index contributed by atoms with van der Waals surface area (Å²) in [5, 5.41) is 0. The maximum Gasteiger partial charge on any atom is 0.425 e. The number of halogens is 3. The van der Waals surface area contributed by atoms with Gasteiger partial charge in [-0.05, 0) is 57.6 Å². The fourth-order valence-electron chi connectivity index (χ4n) is 3.63. The van der Waals surface area contributed by atoms with E-state index in [1.165, 1.54) is 4.90 Å². The van der Waals surface area contributed by atoms with Crippen molar-refractivity contribution in [2.75, 3.05) is 13.1 Å². The largest absolute Gasteiger partial charge is 0.490 e. The summed E-state index contributed by atoms with van der Waals surface area (Å²) in [7, 11) is 0. The highest BCUT2D eigenvalue weighted by atomic mass is 19.4. The summed E-state index contributed by atoms with van der Waals surface area (Å²) in [5.41, 5.74) is 0. The van der Waals surface area contributed by atoms with Crippen LogP contribution in [0.15, 0.2) is 24.5 Å². The first-order valence-corrected chi connectivity index (χ1v) is 10.1. The van der Waals surface area contributed by atoms with Gasteiger partial charge >= 0.3 is 12.3 Å². The Morgan fingerprint density at radius 3 is 2.17 bits per heavy atom. The Kier molecular flexibility index (Phi) is 7.21. The van der Waals surface area contributed by atoms with E-state index in [0.717, 1.165) is 38.4 Å². The molecule has 6 nitrogen and oxygen atoms in total. The minimum Gasteiger partial charge on any atom is -0.490 e. The number of hydrogen-bond donors (Lipinski definition) is 0. The first-order chi connectivity index (χ1) is 13.8. The molecule has 3 rings (SSSR count). The van der Waals surface area contributed by atoms with Crippen LogP contribution in [0.1, 0.15) is 45.4 Å². The Hall–Kier alpha value is -2.03. The highest BCUT2D eigenvalue weighted by Gasteiger charge is 2.40. The summed E-state index contributed by atoms with van der Waals surface area (Å²) in [6.07, 6.45) is 1.01. The van der Waals surface area contributed by atoms with Gasteiger partial charge in [0.25, 0.3) is 0 Å². The topological polar surface area (TPSA) is 60.9 Å². The number of pyridine rings is 1. The molecule has 1 amide bonds. The molecular weight excluding hydrogens is 389 g/mol. The number of amides is 1. The SMILES string of the molecule is CC(OC(=O)N1CCC(OC2CCC(Oc3ccncc3)CC2)CC1)C(F)(F)F. The van der Waals surface area contributed by atoms with Gasteiger partial charge in [0.2, 0.25) is 0 Å². The van der Waals surface area contributed by atoms with Crippen molar-refractivity contribution >= 4 is 6.09 Å². The number of ether oxygens (including phenoxy) is 3. The van der Waals surface area contributed by atoms with E-state index in [4.69, 9.17) is 9.47 Å². The van der Waals surface area contributed by atoms with E-state index in [1.807, 2.05) is 12.1 Å². The molecule has 1 saturated carbocycles. The molecule has 1 aliphatic heterocycles. The van der Waals surface area contributed by atoms with Crippen molar-refractivity contribution in [2.24, 2.45) is 0 Å². The lowest BCUT2D eigenvalue weighted by Gasteiger charge is -2.36. The Labute approximate surface area is 168 Å². The van der Waals surface area contributed by atoms with Crippen LogP contribution in [0.4, 0.5) is 18.0 Å². The number of hydrogen-bond acceptors (Lipinski definition) is 5. The van der Waals surface area contributed by atoms with E-state index in [9.17, 15) is 18.0 Å². The monoisotopic (exact) mass is 416 g/mol. The minimum atomic E-state index is -4.54. The Morgan fingerprint density at radius 1 is 1.03 bits per heavy atom. The fourth-order valence-corrected chi connectivity index (χ4v) is 3.63. The molecule has 1 aromatic heterocycles. The maximum absolute atomic E-state index is 12.5. The predicted molar refractivity (Wildman–Crippen MR) is 98.6 cm³/mol. The number of aromatic nitrogens is 1. The van der Waals surface area contributed by atoms with Crippen molar-refractivity contribution in [1.82, 2.24) is 9.88 Å². The van der Waals surface area contributed by atoms with Crippen LogP contribution in [0.25, 0.3) is 0 Å². The zero-order valence-electron chi connectivity index (χ0n) is 16.4. The second-order valence-electron chi connectivity index (χ2n) is 7.59. The van der Waals surface area contributed by atoms with Crippen molar-refractivity contribution in [3.63, 3.8) is 0 Å². The third-order valence-electron chi connectivity index (χ3n) is 5.40. The van der Waals surface area contributed by atoms with Crippen LogP contribution in [-0.4, -0.2) is 59.7 Å². The third-order valence-corrected chi connectivity index (χ3v) is 5.40. The van der Waals surface area contributed by atoms with Crippen molar-refractivity contribution in [3.8, 4) is 5.75 Å². The molecular formula is C20H27F3N2O4. The first kappa shape index (κ1) is 21.7. The van der Waals surface area contributed by atoms with E-state index in [2.05, 4.69) is 9.72 Å². The highest BCUT2D eigenvalue weighted by Crippen LogP contribution is 2.28. The lowest BCUT2D eigenvalue weighted by atomic mass is 9.94. The quantitative estimate of drug-likeness (QED) is 0.715. The van der Waals surface area contributed by atoms with E-state index in [0.29, 0.717) is 25.9 Å². The smallest absolute Gasteiger partial charge is 0.425 e. The molecule has 1 atom stereocenters. The van der Waals surface area contributed by atoms with Gasteiger partial charge in [-0.15, -0.1) is 0 Å². The third kappa shape index (κ3) is 6.48. The molecule has 1 aromatic rings. The zero-order valence-corrected chi connectivity index (χ0v) is 16.4. The summed E-state index contributed by atoms with van der Waals surface area (Å²) < 4.78 is 54.2. The number of carbonyl (C=O) groups excluding carboxylic acids is 1. The van der Waals surface area contributed by atoms with E-state index in [1.54, 1.807) is 12.4 Å². The number of rotatable bonds is 5. The average molecular weight is 416 g/mol. The van der Waals surface area contributed by atoms with Crippen LogP contribution in [0, 0.1) is 0 Å². The summed E-state index contributed by atoms with van der Waals surface area (Å²) in [6.45, 7) is 1.52. The number of alkyl halides is 3. The van der Waals surface area contributed by atoms with Crippen LogP contribution in [0.3, 0.4) is 0 Å². The first-order valence-electron chi connectivity index (χ1n) is 10.1. The standard InChI is InChI=1S/C20H27F3N2O4/c1-14(20(21,22)23)27-19(26)25-12-8-18(9-13-25)29-16-4-2-15(3-5-16)28-17-6-10-24-11-7-17/h6-7,10-11,14-16,18H,2-5,8-9,12-13H2,1H3. The normalized spacial score (nSPS) is 24.8. The Bertz CT molecular complexity index is 643. The summed E-state index contributed by atoms with van der Waals surface area (Å²) in [4.78, 5) is 17.2. The van der Waals surface area contributed by atoms with Crippen molar-refractivity contribution in [3.05, 3.63) is 24.5 Å². The maximum atomic E-state index is 12.5. The van der Waals surface area contributed by atoms with Gasteiger partial charge < -0.3 is 19.1 Å². The van der Waals surface area contributed by atoms with Gasteiger partial charge in [-0.25, -0.2) is 4.79 Å². The van der Waals surface area contributed by atoms with Crippen LogP contribution in [0.5, 0.6) is 5.75 Å². The number of carbonyl (C=O) groups is 1. The van der Waals surface area contributed by atoms with Gasteiger partial charge in [-0.3, -0.25) is 4.98 Å². The van der Waals surface area contributed by atoms with Gasteiger partial charge in [0.05, 0.1) is 18.3 Å². The van der Waals surface area contributed by atoms with E-state index >= 15 is 0 Å². The second kappa shape index (κ2) is 9.65. The summed E-state index contributed by atoms with van der Waals surface area (Å²) >= 11 is 0. The molecule has 0 radical (unpaired) electrons. The van der Waals surface area contributed by atoms with Crippen molar-refractivity contribution in [1.29, 1.82) is 0 Å². The zero-order chi connectivity index (χ0) is 20.9. The molecule has 0 aromatic carbocycles. The molecule has 162 valence electrons. The Balaban J connectivity index is 1.34. The highest BCUT2D eigenvalue weighted by molar-refractivity contribution is 5.68. The molecule has 1 saturated heterocycles. The predicted octanol–water partition coefficient (Wildman–Crippen LogP) is 4.34. The van der Waals surface area contributed by atoms with Crippen LogP contribution < -0.4 is 4.74 Å². The van der Waals surface area contributed by atoms with E-state index in [-0.39, 0.29) is 18.3 Å². The van der Waals surface area contributed by atoms with Crippen LogP contribution >= 0.6 is 0 Å². The lowest BCUT2D eigenvalue weighted by molar-refractivity contribution is -0.200. The van der Waals surface area contributed by atoms with Crippen molar-refractivity contribution in [2.45, 2.75) is 76.0 Å². The van der Waals surface area contributed by atoms with E-state index < -0.39 is 18.4 Å². The molecule has 0 spiro atoms. The van der Waals surface area contributed by atoms with Gasteiger partial charge in [0.15, 0.2) is 6.10 Å². The van der Waals surface area contributed by atoms with Crippen LogP contribution in [-0.2, 0) is 9.47 Å². The summed E-state index contributed by atoms with van der Waals surface area (Å²) in [5.74, 6) is 0.823. The molecule has 29 heavy (non-hydrogen) atoms. The fraction of sp³-hybridized carbons (Fsp3) is 0.700.